The van der Waals surface area contributed by atoms with Crippen LogP contribution in [0.2, 0.25) is 0 Å². The summed E-state index contributed by atoms with van der Waals surface area (Å²) in [6.07, 6.45) is 0. The first kappa shape index (κ1) is 20.5. The van der Waals surface area contributed by atoms with Crippen LogP contribution in [0.3, 0.4) is 0 Å². The maximum atomic E-state index is 12.3. The molecule has 0 radical (unpaired) electrons. The van der Waals surface area contributed by atoms with Crippen molar-refractivity contribution in [2.24, 2.45) is 0 Å². The third-order valence-corrected chi connectivity index (χ3v) is 5.53. The largest absolute Gasteiger partial charge is 0.465 e. The van der Waals surface area contributed by atoms with Gasteiger partial charge in [-0.05, 0) is 44.5 Å². The van der Waals surface area contributed by atoms with Crippen molar-refractivity contribution in [1.82, 2.24) is 15.0 Å². The Morgan fingerprint density at radius 3 is 2.66 bits per heavy atom. The van der Waals surface area contributed by atoms with Crippen LogP contribution in [-0.4, -0.2) is 46.6 Å². The van der Waals surface area contributed by atoms with Crippen LogP contribution in [0, 0.1) is 13.8 Å². The van der Waals surface area contributed by atoms with Crippen molar-refractivity contribution in [1.29, 1.82) is 0 Å². The number of amides is 1. The van der Waals surface area contributed by atoms with Gasteiger partial charge in [0.05, 0.1) is 23.8 Å². The summed E-state index contributed by atoms with van der Waals surface area (Å²) in [6, 6.07) is 4.89. The molecule has 152 valence electrons. The number of methoxy groups -OCH3 is 1. The van der Waals surface area contributed by atoms with Crippen LogP contribution < -0.4 is 5.32 Å². The number of anilines is 1. The Morgan fingerprint density at radius 1 is 1.21 bits per heavy atom. The highest BCUT2D eigenvalue weighted by atomic mass is 32.1. The molecule has 0 spiro atoms. The SMILES string of the molecule is CCn1nnc2cc(C(=O)OCC(=O)Nc3sc(C)c(C)c3C(=O)OC)ccc21. The minimum atomic E-state index is -0.653. The molecule has 0 bridgehead atoms. The lowest BCUT2D eigenvalue weighted by Crippen LogP contribution is -2.21. The molecule has 1 N–H and O–H groups in total. The van der Waals surface area contributed by atoms with Gasteiger partial charge in [0.25, 0.3) is 5.91 Å². The molecule has 0 unspecified atom stereocenters. The summed E-state index contributed by atoms with van der Waals surface area (Å²) in [5.74, 6) is -1.74. The molecule has 3 aromatic rings. The zero-order valence-corrected chi connectivity index (χ0v) is 17.3. The predicted molar refractivity (Wildman–Crippen MR) is 107 cm³/mol. The Kier molecular flexibility index (Phi) is 5.92. The molecule has 0 fully saturated rings. The lowest BCUT2D eigenvalue weighted by molar-refractivity contribution is -0.119. The zero-order valence-electron chi connectivity index (χ0n) is 16.4. The summed E-state index contributed by atoms with van der Waals surface area (Å²) >= 11 is 1.26. The van der Waals surface area contributed by atoms with Crippen LogP contribution in [0.5, 0.6) is 0 Å². The van der Waals surface area contributed by atoms with E-state index in [0.29, 0.717) is 22.6 Å². The van der Waals surface area contributed by atoms with Gasteiger partial charge in [-0.3, -0.25) is 4.79 Å². The van der Waals surface area contributed by atoms with Crippen LogP contribution in [-0.2, 0) is 20.8 Å². The number of benzene rings is 1. The number of hydrogen-bond donors (Lipinski definition) is 1. The van der Waals surface area contributed by atoms with E-state index in [2.05, 4.69) is 15.6 Å². The molecule has 0 saturated heterocycles. The minimum absolute atomic E-state index is 0.270. The number of rotatable bonds is 6. The van der Waals surface area contributed by atoms with Crippen molar-refractivity contribution in [3.63, 3.8) is 0 Å². The Bertz CT molecular complexity index is 1100. The molecule has 1 amide bonds. The predicted octanol–water partition coefficient (Wildman–Crippen LogP) is 2.71. The summed E-state index contributed by atoms with van der Waals surface area (Å²) in [7, 11) is 1.28. The minimum Gasteiger partial charge on any atom is -0.465 e. The molecule has 2 aromatic heterocycles. The van der Waals surface area contributed by atoms with Gasteiger partial charge >= 0.3 is 11.9 Å². The third kappa shape index (κ3) is 4.11. The summed E-state index contributed by atoms with van der Waals surface area (Å²) < 4.78 is 11.6. The lowest BCUT2D eigenvalue weighted by atomic mass is 10.1. The molecule has 2 heterocycles. The van der Waals surface area contributed by atoms with Crippen LogP contribution >= 0.6 is 11.3 Å². The van der Waals surface area contributed by atoms with Gasteiger partial charge in [0, 0.05) is 11.4 Å². The van der Waals surface area contributed by atoms with Crippen molar-refractivity contribution < 1.29 is 23.9 Å². The molecule has 1 aromatic carbocycles. The molecule has 0 aliphatic rings. The first-order valence-corrected chi connectivity index (χ1v) is 9.65. The van der Waals surface area contributed by atoms with Crippen LogP contribution in [0.1, 0.15) is 38.1 Å². The van der Waals surface area contributed by atoms with Crippen molar-refractivity contribution in [2.75, 3.05) is 19.0 Å². The second-order valence-corrected chi connectivity index (χ2v) is 7.44. The average molecular weight is 416 g/mol. The molecule has 3 rings (SSSR count). The number of carbonyl (C=O) groups excluding carboxylic acids is 3. The van der Waals surface area contributed by atoms with E-state index < -0.39 is 24.5 Å². The summed E-state index contributed by atoms with van der Waals surface area (Å²) in [5.41, 5.74) is 2.69. The molecule has 0 aliphatic heterocycles. The first-order valence-electron chi connectivity index (χ1n) is 8.84. The normalized spacial score (nSPS) is 10.8. The Balaban J connectivity index is 1.66. The van der Waals surface area contributed by atoms with Crippen molar-refractivity contribution >= 4 is 45.2 Å². The standard InChI is InChI=1S/C19H20N4O5S/c1-5-23-14-7-6-12(8-13(14)21-22-23)18(25)28-9-15(24)20-17-16(19(26)27-4)10(2)11(3)29-17/h6-8H,5,9H2,1-4H3,(H,20,24). The topological polar surface area (TPSA) is 112 Å². The van der Waals surface area contributed by atoms with Gasteiger partial charge in [0.2, 0.25) is 0 Å². The number of esters is 2. The fourth-order valence-corrected chi connectivity index (χ4v) is 3.84. The van der Waals surface area contributed by atoms with Gasteiger partial charge in [-0.2, -0.15) is 0 Å². The smallest absolute Gasteiger partial charge is 0.341 e. The first-order chi connectivity index (χ1) is 13.8. The van der Waals surface area contributed by atoms with Gasteiger partial charge in [0.15, 0.2) is 6.61 Å². The van der Waals surface area contributed by atoms with E-state index in [-0.39, 0.29) is 5.56 Å². The van der Waals surface area contributed by atoms with Crippen molar-refractivity contribution in [2.45, 2.75) is 27.3 Å². The fourth-order valence-electron chi connectivity index (χ4n) is 2.77. The molecule has 29 heavy (non-hydrogen) atoms. The van der Waals surface area contributed by atoms with E-state index in [1.54, 1.807) is 29.8 Å². The zero-order chi connectivity index (χ0) is 21.1. The molecule has 0 atom stereocenters. The average Bonchev–Trinajstić information content (AvgIpc) is 3.25. The van der Waals surface area contributed by atoms with E-state index in [0.717, 1.165) is 16.0 Å². The molecule has 9 nitrogen and oxygen atoms in total. The second-order valence-electron chi connectivity index (χ2n) is 6.21. The number of hydrogen-bond acceptors (Lipinski definition) is 8. The van der Waals surface area contributed by atoms with Crippen LogP contribution in [0.15, 0.2) is 18.2 Å². The van der Waals surface area contributed by atoms with Gasteiger partial charge in [-0.15, -0.1) is 16.4 Å². The summed E-state index contributed by atoms with van der Waals surface area (Å²) in [6.45, 7) is 5.73. The van der Waals surface area contributed by atoms with Crippen LogP contribution in [0.4, 0.5) is 5.00 Å². The van der Waals surface area contributed by atoms with Crippen molar-refractivity contribution in [3.05, 3.63) is 39.8 Å². The summed E-state index contributed by atoms with van der Waals surface area (Å²) in [5, 5.41) is 11.0. The Hall–Kier alpha value is -3.27. The molecular weight excluding hydrogens is 396 g/mol. The van der Waals surface area contributed by atoms with E-state index in [1.165, 1.54) is 18.4 Å². The second kappa shape index (κ2) is 8.39. The number of nitrogens with one attached hydrogen (secondary N) is 1. The van der Waals surface area contributed by atoms with Gasteiger partial charge in [0.1, 0.15) is 10.5 Å². The lowest BCUT2D eigenvalue weighted by Gasteiger charge is -2.07. The molecule has 10 heteroatoms. The highest BCUT2D eigenvalue weighted by Gasteiger charge is 2.22. The van der Waals surface area contributed by atoms with E-state index in [4.69, 9.17) is 9.47 Å². The maximum Gasteiger partial charge on any atom is 0.341 e. The highest BCUT2D eigenvalue weighted by molar-refractivity contribution is 7.16. The van der Waals surface area contributed by atoms with E-state index in [1.807, 2.05) is 13.8 Å². The van der Waals surface area contributed by atoms with Gasteiger partial charge < -0.3 is 14.8 Å². The number of aromatic nitrogens is 3. The summed E-state index contributed by atoms with van der Waals surface area (Å²) in [4.78, 5) is 37.3. The van der Waals surface area contributed by atoms with E-state index in [9.17, 15) is 14.4 Å². The molecular formula is C19H20N4O5S. The fraction of sp³-hybridized carbons (Fsp3) is 0.316. The number of carbonyl (C=O) groups is 3. The number of ether oxygens (including phenoxy) is 2. The highest BCUT2D eigenvalue weighted by Crippen LogP contribution is 2.32. The van der Waals surface area contributed by atoms with Crippen LogP contribution in [0.25, 0.3) is 11.0 Å². The Morgan fingerprint density at radius 2 is 1.97 bits per heavy atom. The van der Waals surface area contributed by atoms with Crippen molar-refractivity contribution in [3.8, 4) is 0 Å². The molecule has 0 saturated carbocycles. The number of nitrogens with zero attached hydrogens (tertiary/aromatic N) is 3. The third-order valence-electron chi connectivity index (χ3n) is 4.41. The quantitative estimate of drug-likeness (QED) is 0.615. The van der Waals surface area contributed by atoms with E-state index >= 15 is 0 Å². The number of fused-ring (bicyclic) bond motifs is 1. The Labute approximate surface area is 170 Å². The molecule has 0 aliphatic carbocycles. The monoisotopic (exact) mass is 416 g/mol. The maximum absolute atomic E-state index is 12.3. The van der Waals surface area contributed by atoms with Gasteiger partial charge in [-0.25, -0.2) is 14.3 Å². The number of thiophene rings is 1. The van der Waals surface area contributed by atoms with Gasteiger partial charge in [-0.1, -0.05) is 5.21 Å². The number of aryl methyl sites for hydroxylation is 2.